The maximum Gasteiger partial charge on any atom is 0.329 e. The molecule has 0 aromatic heterocycles. The molecule has 0 fully saturated rings. The zero-order valence-electron chi connectivity index (χ0n) is 14.2. The van der Waals surface area contributed by atoms with Crippen molar-refractivity contribution in [3.05, 3.63) is 0 Å². The van der Waals surface area contributed by atoms with E-state index in [0.717, 1.165) is 6.61 Å². The minimum absolute atomic E-state index is 0.368. The van der Waals surface area contributed by atoms with Gasteiger partial charge in [-0.1, -0.05) is 0 Å². The Kier molecular flexibility index (Phi) is 32.8. The summed E-state index contributed by atoms with van der Waals surface area (Å²) < 4.78 is 32.1. The number of hydrogen-bond donors (Lipinski definition) is 2. The van der Waals surface area contributed by atoms with Crippen LogP contribution >= 0.6 is 17.2 Å². The van der Waals surface area contributed by atoms with Crippen LogP contribution in [0, 0.1) is 0 Å². The highest BCUT2D eigenvalue weighted by Crippen LogP contribution is 2.30. The first kappa shape index (κ1) is 27.4. The molecule has 0 aliphatic carbocycles. The summed E-state index contributed by atoms with van der Waals surface area (Å²) in [6.45, 7) is 4.46. The number of rotatable bonds is 11. The van der Waals surface area contributed by atoms with Crippen LogP contribution in [-0.2, 0) is 32.3 Å². The highest BCUT2D eigenvalue weighted by molar-refractivity contribution is 7.40. The summed E-state index contributed by atoms with van der Waals surface area (Å²) in [5, 5.41) is 0. The summed E-state index contributed by atoms with van der Waals surface area (Å²) in [5.41, 5.74) is 0. The maximum atomic E-state index is 8.65. The van der Waals surface area contributed by atoms with Gasteiger partial charge in [0.2, 0.25) is 0 Å². The predicted octanol–water partition coefficient (Wildman–Crippen LogP) is 1.68. The fourth-order valence-electron chi connectivity index (χ4n) is 0.503. The van der Waals surface area contributed by atoms with Gasteiger partial charge < -0.3 is 42.1 Å². The van der Waals surface area contributed by atoms with Crippen molar-refractivity contribution in [3.63, 3.8) is 0 Å². The zero-order chi connectivity index (χ0) is 17.6. The highest BCUT2D eigenvalue weighted by Gasteiger charge is 2.01. The molecule has 22 heavy (non-hydrogen) atoms. The monoisotopic (exact) mass is 368 g/mol. The molecule has 0 heterocycles. The summed E-state index contributed by atoms with van der Waals surface area (Å²) in [4.78, 5) is 17.3. The van der Waals surface area contributed by atoms with Gasteiger partial charge in [0.15, 0.2) is 0 Å². The van der Waals surface area contributed by atoms with E-state index in [-0.39, 0.29) is 0 Å². The molecule has 9 nitrogen and oxygen atoms in total. The fraction of sp³-hybridized carbons (Fsp3) is 1.00. The van der Waals surface area contributed by atoms with Crippen molar-refractivity contribution >= 4 is 17.2 Å². The van der Waals surface area contributed by atoms with Crippen LogP contribution in [-0.4, -0.2) is 78.4 Å². The van der Waals surface area contributed by atoms with Crippen LogP contribution in [0.1, 0.15) is 6.92 Å². The Hall–Kier alpha value is 0.500. The molecule has 0 amide bonds. The van der Waals surface area contributed by atoms with E-state index < -0.39 is 17.2 Å². The van der Waals surface area contributed by atoms with Gasteiger partial charge in [0, 0.05) is 42.2 Å². The van der Waals surface area contributed by atoms with E-state index in [2.05, 4.69) is 23.3 Å². The van der Waals surface area contributed by atoms with Crippen molar-refractivity contribution in [2.45, 2.75) is 6.92 Å². The topological polar surface area (TPSA) is 105 Å². The Balaban J connectivity index is -0.000000266. The van der Waals surface area contributed by atoms with Crippen LogP contribution < -0.4 is 0 Å². The van der Waals surface area contributed by atoms with E-state index >= 15 is 0 Å². The van der Waals surface area contributed by atoms with E-state index in [1.54, 1.807) is 21.3 Å². The Morgan fingerprint density at radius 3 is 1.14 bits per heavy atom. The van der Waals surface area contributed by atoms with Crippen LogP contribution in [0.25, 0.3) is 0 Å². The third kappa shape index (κ3) is 32.4. The first-order chi connectivity index (χ1) is 10.5. The van der Waals surface area contributed by atoms with Gasteiger partial charge in [-0.15, -0.1) is 0 Å². The molecule has 2 N–H and O–H groups in total. The lowest BCUT2D eigenvalue weighted by molar-refractivity contribution is 0.132. The lowest BCUT2D eigenvalue weighted by Gasteiger charge is -2.05. The average molecular weight is 368 g/mol. The zero-order valence-corrected chi connectivity index (χ0v) is 16.0. The second-order valence-corrected chi connectivity index (χ2v) is 5.27. The summed E-state index contributed by atoms with van der Waals surface area (Å²) in [5.74, 6) is 0. The lowest BCUT2D eigenvalue weighted by atomic mass is 10.8. The van der Waals surface area contributed by atoms with Gasteiger partial charge in [-0.3, -0.25) is 0 Å². The summed E-state index contributed by atoms with van der Waals surface area (Å²) in [6.07, 6.45) is 0. The Morgan fingerprint density at radius 2 is 0.955 bits per heavy atom. The Morgan fingerprint density at radius 1 is 0.636 bits per heavy atom. The predicted molar refractivity (Wildman–Crippen MR) is 85.5 cm³/mol. The molecule has 0 saturated heterocycles. The number of methoxy groups -OCH3 is 3. The molecule has 0 aromatic carbocycles. The maximum absolute atomic E-state index is 8.65. The summed E-state index contributed by atoms with van der Waals surface area (Å²) in [7, 11) is 4.25. The normalized spacial score (nSPS) is 12.5. The van der Waals surface area contributed by atoms with Crippen molar-refractivity contribution in [1.29, 1.82) is 0 Å². The van der Waals surface area contributed by atoms with Crippen LogP contribution in [0.3, 0.4) is 0 Å². The Bertz CT molecular complexity index is 162. The van der Waals surface area contributed by atoms with Gasteiger partial charge in [0.05, 0.1) is 26.4 Å². The first-order valence-electron chi connectivity index (χ1n) is 6.32. The largest absolute Gasteiger partial charge is 0.385 e. The molecule has 2 atom stereocenters. The standard InChI is InChI=1S/2C4H11O4P.C3H8O/c2*1-6-3-4-8-9(5)7-2;1-3-4-2/h2*5H,3-4H2,1-2H3;3H2,1-2H3. The summed E-state index contributed by atoms with van der Waals surface area (Å²) >= 11 is 0. The van der Waals surface area contributed by atoms with E-state index in [1.165, 1.54) is 14.2 Å². The van der Waals surface area contributed by atoms with Crippen molar-refractivity contribution in [2.24, 2.45) is 0 Å². The third-order valence-electron chi connectivity index (χ3n) is 1.58. The minimum atomic E-state index is -1.67. The van der Waals surface area contributed by atoms with Gasteiger partial charge >= 0.3 is 17.2 Å². The quantitative estimate of drug-likeness (QED) is 0.416. The van der Waals surface area contributed by atoms with Crippen molar-refractivity contribution in [1.82, 2.24) is 0 Å². The third-order valence-corrected chi connectivity index (χ3v) is 3.01. The minimum Gasteiger partial charge on any atom is -0.385 e. The van der Waals surface area contributed by atoms with Gasteiger partial charge in [-0.2, -0.15) is 0 Å². The molecule has 2 unspecified atom stereocenters. The van der Waals surface area contributed by atoms with Gasteiger partial charge in [0.25, 0.3) is 0 Å². The van der Waals surface area contributed by atoms with E-state index in [1.807, 2.05) is 6.92 Å². The second-order valence-electron chi connectivity index (χ2n) is 3.07. The van der Waals surface area contributed by atoms with Crippen molar-refractivity contribution < 1.29 is 42.1 Å². The van der Waals surface area contributed by atoms with Gasteiger partial charge in [-0.25, -0.2) is 0 Å². The molecule has 11 heteroatoms. The number of hydrogen-bond acceptors (Lipinski definition) is 9. The van der Waals surface area contributed by atoms with E-state index in [9.17, 15) is 0 Å². The van der Waals surface area contributed by atoms with Crippen LogP contribution in [0.2, 0.25) is 0 Å². The van der Waals surface area contributed by atoms with Gasteiger partial charge in [-0.05, 0) is 6.92 Å². The van der Waals surface area contributed by atoms with E-state index in [0.29, 0.717) is 26.4 Å². The fourth-order valence-corrected chi connectivity index (χ4v) is 1.18. The van der Waals surface area contributed by atoms with Crippen molar-refractivity contribution in [3.8, 4) is 0 Å². The molecule has 138 valence electrons. The molecule has 0 aromatic rings. The SMILES string of the molecule is CCOC.COCCOP(O)OC.COCCOP(O)OC. The van der Waals surface area contributed by atoms with Crippen molar-refractivity contribution in [2.75, 3.05) is 68.6 Å². The highest BCUT2D eigenvalue weighted by atomic mass is 31.2. The molecule has 0 radical (unpaired) electrons. The molecule has 0 bridgehead atoms. The summed E-state index contributed by atoms with van der Waals surface area (Å²) in [6, 6.07) is 0. The first-order valence-corrected chi connectivity index (χ1v) is 8.58. The molecule has 0 aliphatic rings. The van der Waals surface area contributed by atoms with Gasteiger partial charge in [0.1, 0.15) is 0 Å². The van der Waals surface area contributed by atoms with Crippen LogP contribution in [0.5, 0.6) is 0 Å². The molecule has 0 aliphatic heterocycles. The average Bonchev–Trinajstić information content (AvgIpc) is 2.55. The smallest absolute Gasteiger partial charge is 0.329 e. The van der Waals surface area contributed by atoms with Crippen LogP contribution in [0.15, 0.2) is 0 Å². The van der Waals surface area contributed by atoms with Crippen LogP contribution in [0.4, 0.5) is 0 Å². The molecule has 0 spiro atoms. The molecule has 0 saturated carbocycles. The Labute approximate surface area is 135 Å². The van der Waals surface area contributed by atoms with E-state index in [4.69, 9.17) is 18.8 Å². The molecular formula is C11H30O9P2. The molecular weight excluding hydrogens is 338 g/mol. The second kappa shape index (κ2) is 26.4. The number of ether oxygens (including phenoxy) is 3. The lowest BCUT2D eigenvalue weighted by Crippen LogP contribution is -1.98. The molecule has 0 rings (SSSR count).